The molecular weight excluding hydrogens is 847 g/mol. The molecule has 11 nitrogen and oxygen atoms in total. The lowest BCUT2D eigenvalue weighted by Crippen LogP contribution is -2.27. The predicted molar refractivity (Wildman–Crippen MR) is 274 cm³/mol. The highest BCUT2D eigenvalue weighted by Crippen LogP contribution is 2.35. The number of phenolic OH excluding ortho intramolecular Hbond substituents is 2. The van der Waals surface area contributed by atoms with Gasteiger partial charge in [0, 0.05) is 42.4 Å². The van der Waals surface area contributed by atoms with E-state index in [-0.39, 0.29) is 24.0 Å². The van der Waals surface area contributed by atoms with Gasteiger partial charge in [0.05, 0.1) is 11.1 Å². The van der Waals surface area contributed by atoms with Crippen LogP contribution in [0.4, 0.5) is 0 Å². The molecule has 8 aromatic rings. The third kappa shape index (κ3) is 11.8. The van der Waals surface area contributed by atoms with Crippen LogP contribution in [0.5, 0.6) is 17.2 Å². The number of carbonyl (C=O) groups is 1. The summed E-state index contributed by atoms with van der Waals surface area (Å²) in [6.07, 6.45) is 0. The van der Waals surface area contributed by atoms with Crippen LogP contribution in [0, 0.1) is 62.3 Å². The number of likely N-dealkylation sites (N-methyl/N-ethyl adjacent to an activating group) is 1. The smallest absolute Gasteiger partial charge is 0.259 e. The Morgan fingerprint density at radius 3 is 0.956 bits per heavy atom. The Bertz CT molecular complexity index is 2890. The second-order valence-electron chi connectivity index (χ2n) is 17.2. The summed E-state index contributed by atoms with van der Waals surface area (Å²) in [6.45, 7) is 22.2. The van der Waals surface area contributed by atoms with Crippen LogP contribution in [-0.2, 0) is 4.79 Å². The molecule has 0 aliphatic rings. The van der Waals surface area contributed by atoms with Crippen molar-refractivity contribution in [3.8, 4) is 85.6 Å². The van der Waals surface area contributed by atoms with Crippen molar-refractivity contribution < 1.29 is 19.7 Å². The highest BCUT2D eigenvalue weighted by atomic mass is 16.5. The van der Waals surface area contributed by atoms with E-state index in [4.69, 9.17) is 34.6 Å². The molecule has 0 bridgehead atoms. The first kappa shape index (κ1) is 49.6. The van der Waals surface area contributed by atoms with Gasteiger partial charge in [-0.2, -0.15) is 0 Å². The average Bonchev–Trinajstić information content (AvgIpc) is 3.28. The molecule has 2 N–H and O–H groups in total. The van der Waals surface area contributed by atoms with Crippen LogP contribution in [-0.4, -0.2) is 71.6 Å². The maximum Gasteiger partial charge on any atom is 0.259 e. The number of amides is 1. The summed E-state index contributed by atoms with van der Waals surface area (Å²) >= 11 is 0. The van der Waals surface area contributed by atoms with Crippen LogP contribution < -0.4 is 4.74 Å². The number of aromatic hydroxyl groups is 2. The molecule has 2 heterocycles. The van der Waals surface area contributed by atoms with Crippen LogP contribution in [0.15, 0.2) is 109 Å². The minimum atomic E-state index is -0.174. The van der Waals surface area contributed by atoms with Gasteiger partial charge in [-0.1, -0.05) is 115 Å². The van der Waals surface area contributed by atoms with Crippen molar-refractivity contribution in [3.63, 3.8) is 0 Å². The van der Waals surface area contributed by atoms with E-state index in [1.165, 1.54) is 22.1 Å². The summed E-state index contributed by atoms with van der Waals surface area (Å²) in [6, 6.07) is 35.1. The van der Waals surface area contributed by atoms with E-state index in [0.29, 0.717) is 51.8 Å². The lowest BCUT2D eigenvalue weighted by molar-refractivity contribution is -0.130. The van der Waals surface area contributed by atoms with E-state index in [2.05, 4.69) is 64.1 Å². The minimum absolute atomic E-state index is 0.0471. The third-order valence-electron chi connectivity index (χ3n) is 11.2. The molecular formula is C57H61N7O4. The van der Waals surface area contributed by atoms with Gasteiger partial charge in [0.2, 0.25) is 0 Å². The highest BCUT2D eigenvalue weighted by molar-refractivity contribution is 5.77. The molecule has 348 valence electrons. The molecule has 0 radical (unpaired) electrons. The standard InChI is InChI=1S/C29H30N4O3.C26H25N3O.C2H6/c1-17-7-10-22(19(3)13-17)27-30-28(23-11-8-18(2)14-20(23)4)32-29(31-27)24-12-9-21(15-25(24)34)36-16-26(35)33(5)6;1-15-6-9-20(18(4)12-15)24-27-25(21-10-7-16(2)13-19(21)5)29-26(28-24)22-11-8-17(3)14-23(22)30;1-2/h7-15,34H,16H2,1-6H3;6-14,30H,1-5H3;1-2H3. The van der Waals surface area contributed by atoms with Gasteiger partial charge in [0.1, 0.15) is 17.2 Å². The molecule has 1 amide bonds. The Morgan fingerprint density at radius 1 is 0.412 bits per heavy atom. The monoisotopic (exact) mass is 907 g/mol. The summed E-state index contributed by atoms with van der Waals surface area (Å²) in [5, 5.41) is 21.4. The number of hydrogen-bond acceptors (Lipinski definition) is 10. The van der Waals surface area contributed by atoms with Crippen LogP contribution in [0.25, 0.3) is 68.3 Å². The number of benzene rings is 6. The Kier molecular flexibility index (Phi) is 15.8. The Morgan fingerprint density at radius 2 is 0.676 bits per heavy atom. The lowest BCUT2D eigenvalue weighted by atomic mass is 10.0. The van der Waals surface area contributed by atoms with E-state index >= 15 is 0 Å². The predicted octanol–water partition coefficient (Wildman–Crippen LogP) is 12.4. The second kappa shape index (κ2) is 21.7. The maximum atomic E-state index is 11.8. The number of ether oxygens (including phenoxy) is 1. The van der Waals surface area contributed by atoms with E-state index in [0.717, 1.165) is 61.2 Å². The van der Waals surface area contributed by atoms with Crippen molar-refractivity contribution in [2.45, 2.75) is 76.2 Å². The topological polar surface area (TPSA) is 147 Å². The van der Waals surface area contributed by atoms with Crippen molar-refractivity contribution in [3.05, 3.63) is 159 Å². The fourth-order valence-corrected chi connectivity index (χ4v) is 7.63. The first-order chi connectivity index (χ1) is 32.4. The fraction of sp³-hybridized carbons (Fsp3) is 0.246. The van der Waals surface area contributed by atoms with Crippen LogP contribution in [0.2, 0.25) is 0 Å². The zero-order chi connectivity index (χ0) is 49.4. The fourth-order valence-electron chi connectivity index (χ4n) is 7.63. The Hall–Kier alpha value is -7.79. The summed E-state index contributed by atoms with van der Waals surface area (Å²) in [5.74, 6) is 3.41. The zero-order valence-electron chi connectivity index (χ0n) is 41.4. The normalized spacial score (nSPS) is 10.7. The summed E-state index contributed by atoms with van der Waals surface area (Å²) in [7, 11) is 3.32. The SMILES string of the molecule is CC.Cc1ccc(-c2nc(-c3ccc(C)cc3C)nc(-c3ccc(C)cc3O)n2)c(C)c1.Cc1ccc(-c2nc(-c3ccc(C)cc3C)nc(-c3ccc(OCC(=O)N(C)C)cc3O)n2)c(C)c1. The number of nitrogens with zero attached hydrogens (tertiary/aromatic N) is 7. The number of phenols is 2. The Labute approximate surface area is 400 Å². The number of aromatic nitrogens is 6. The van der Waals surface area contributed by atoms with Gasteiger partial charge in [-0.3, -0.25) is 4.79 Å². The van der Waals surface area contributed by atoms with E-state index in [1.54, 1.807) is 32.3 Å². The second-order valence-corrected chi connectivity index (χ2v) is 17.2. The first-order valence-corrected chi connectivity index (χ1v) is 22.7. The molecule has 0 saturated carbocycles. The van der Waals surface area contributed by atoms with Crippen LogP contribution in [0.1, 0.15) is 63.9 Å². The van der Waals surface area contributed by atoms with Crippen molar-refractivity contribution >= 4 is 5.91 Å². The quantitative estimate of drug-likeness (QED) is 0.143. The molecule has 0 saturated heterocycles. The van der Waals surface area contributed by atoms with Crippen molar-refractivity contribution in [1.82, 2.24) is 34.8 Å². The molecule has 0 unspecified atom stereocenters. The van der Waals surface area contributed by atoms with Gasteiger partial charge in [-0.05, 0) is 114 Å². The average molecular weight is 908 g/mol. The molecule has 0 fully saturated rings. The van der Waals surface area contributed by atoms with Gasteiger partial charge in [0.15, 0.2) is 41.6 Å². The number of rotatable bonds is 9. The number of carbonyl (C=O) groups excluding carboxylic acids is 1. The molecule has 6 aromatic carbocycles. The number of hydrogen-bond donors (Lipinski definition) is 2. The van der Waals surface area contributed by atoms with E-state index in [1.807, 2.05) is 97.0 Å². The molecule has 0 atom stereocenters. The van der Waals surface area contributed by atoms with Crippen molar-refractivity contribution in [1.29, 1.82) is 0 Å². The number of aryl methyl sites for hydroxylation is 9. The molecule has 68 heavy (non-hydrogen) atoms. The molecule has 2 aromatic heterocycles. The molecule has 11 heteroatoms. The zero-order valence-corrected chi connectivity index (χ0v) is 41.4. The van der Waals surface area contributed by atoms with Gasteiger partial charge in [0.25, 0.3) is 5.91 Å². The van der Waals surface area contributed by atoms with Crippen LogP contribution >= 0.6 is 0 Å². The highest BCUT2D eigenvalue weighted by Gasteiger charge is 2.19. The largest absolute Gasteiger partial charge is 0.507 e. The molecule has 0 spiro atoms. The first-order valence-electron chi connectivity index (χ1n) is 22.7. The van der Waals surface area contributed by atoms with E-state index in [9.17, 15) is 15.0 Å². The molecule has 0 aliphatic heterocycles. The summed E-state index contributed by atoms with van der Waals surface area (Å²) < 4.78 is 5.54. The van der Waals surface area contributed by atoms with E-state index < -0.39 is 0 Å². The molecule has 0 aliphatic carbocycles. The third-order valence-corrected chi connectivity index (χ3v) is 11.2. The summed E-state index contributed by atoms with van der Waals surface area (Å²) in [4.78, 5) is 41.9. The minimum Gasteiger partial charge on any atom is -0.507 e. The van der Waals surface area contributed by atoms with Crippen molar-refractivity contribution in [2.24, 2.45) is 0 Å². The Balaban J connectivity index is 0.000000219. The van der Waals surface area contributed by atoms with Gasteiger partial charge >= 0.3 is 0 Å². The van der Waals surface area contributed by atoms with Crippen LogP contribution in [0.3, 0.4) is 0 Å². The lowest BCUT2D eigenvalue weighted by Gasteiger charge is -2.14. The summed E-state index contributed by atoms with van der Waals surface area (Å²) in [5.41, 5.74) is 14.7. The van der Waals surface area contributed by atoms with Gasteiger partial charge in [-0.15, -0.1) is 0 Å². The van der Waals surface area contributed by atoms with Gasteiger partial charge < -0.3 is 19.8 Å². The molecule has 8 rings (SSSR count). The van der Waals surface area contributed by atoms with Gasteiger partial charge in [-0.25, -0.2) is 29.9 Å². The van der Waals surface area contributed by atoms with Crippen molar-refractivity contribution in [2.75, 3.05) is 20.7 Å². The maximum absolute atomic E-state index is 11.8.